The van der Waals surface area contributed by atoms with Crippen molar-refractivity contribution in [2.75, 3.05) is 0 Å². The molecule has 656 valence electrons. The summed E-state index contributed by atoms with van der Waals surface area (Å²) in [5.74, 6) is -2.12. The highest BCUT2D eigenvalue weighted by Gasteiger charge is 2.30. The Balaban J connectivity index is 0.000000226. The van der Waals surface area contributed by atoms with E-state index in [-0.39, 0.29) is 120 Å². The van der Waals surface area contributed by atoms with Crippen LogP contribution in [0.3, 0.4) is 0 Å². The summed E-state index contributed by atoms with van der Waals surface area (Å²) in [6.45, 7) is 23.4. The maximum absolute atomic E-state index is 13.6. The molecule has 11 aromatic carbocycles. The molecule has 0 aliphatic heterocycles. The Bertz CT molecular complexity index is 5920. The molecule has 0 radical (unpaired) electrons. The highest BCUT2D eigenvalue weighted by molar-refractivity contribution is 6.13. The van der Waals surface area contributed by atoms with E-state index in [9.17, 15) is 57.2 Å². The van der Waals surface area contributed by atoms with Crippen LogP contribution in [-0.2, 0) is 45.4 Å². The van der Waals surface area contributed by atoms with Gasteiger partial charge in [-0.05, 0) is 185 Å². The van der Waals surface area contributed by atoms with E-state index >= 15 is 0 Å². The number of fused-ring (bicyclic) bond motifs is 4. The molecule has 0 amide bonds. The first-order chi connectivity index (χ1) is 57.6. The second-order valence-electron chi connectivity index (χ2n) is 32.5. The van der Waals surface area contributed by atoms with Gasteiger partial charge in [0.05, 0.1) is 0 Å². The van der Waals surface area contributed by atoms with Crippen LogP contribution in [0.4, 0.5) is 17.6 Å². The molecule has 0 aliphatic carbocycles. The van der Waals surface area contributed by atoms with Crippen LogP contribution in [0.2, 0.25) is 0 Å². The van der Waals surface area contributed by atoms with E-state index in [4.69, 9.17) is 0 Å². The van der Waals surface area contributed by atoms with Gasteiger partial charge in [0, 0.05) is 141 Å². The molecule has 4 aromatic heterocycles. The Hall–Kier alpha value is -12.8. The molecule has 16 heteroatoms. The van der Waals surface area contributed by atoms with Gasteiger partial charge in [-0.25, -0.2) is 17.6 Å². The zero-order valence-corrected chi connectivity index (χ0v) is 69.7. The van der Waals surface area contributed by atoms with Crippen molar-refractivity contribution >= 4 is 66.7 Å². The largest absolute Gasteiger partial charge is 0.508 e. The summed E-state index contributed by atoms with van der Waals surface area (Å²) in [7, 11) is 0. The van der Waals surface area contributed by atoms with Crippen molar-refractivity contribution in [2.45, 2.75) is 201 Å². The number of nitrogens with zero attached hydrogens (tertiary/aromatic N) is 4. The minimum absolute atomic E-state index is 0. The fraction of sp³-hybridized carbons (Fsp3) is 0.284. The van der Waals surface area contributed by atoms with Crippen LogP contribution >= 0.6 is 0 Å². The van der Waals surface area contributed by atoms with Crippen LogP contribution < -0.4 is 0 Å². The molecule has 0 fully saturated rings. The van der Waals surface area contributed by atoms with Gasteiger partial charge in [0.25, 0.3) is 0 Å². The molecule has 0 saturated carbocycles. The van der Waals surface area contributed by atoms with E-state index in [1.165, 1.54) is 23.3 Å². The second-order valence-corrected chi connectivity index (χ2v) is 32.5. The minimum atomic E-state index is -0.915. The summed E-state index contributed by atoms with van der Waals surface area (Å²) >= 11 is 0. The van der Waals surface area contributed by atoms with Gasteiger partial charge in [0.15, 0.2) is 46.4 Å². The molecule has 0 bridgehead atoms. The lowest BCUT2D eigenvalue weighted by atomic mass is 9.95. The summed E-state index contributed by atoms with van der Waals surface area (Å²) in [6.07, 6.45) is 2.59. The first kappa shape index (κ1) is 99.3. The average molecular weight is 1690 g/mol. The molecule has 0 atom stereocenters. The van der Waals surface area contributed by atoms with Crippen molar-refractivity contribution in [3.8, 4) is 23.0 Å². The first-order valence-electron chi connectivity index (χ1n) is 41.2. The van der Waals surface area contributed by atoms with Crippen LogP contribution in [0.5, 0.6) is 23.0 Å². The number of ketones is 4. The summed E-state index contributed by atoms with van der Waals surface area (Å²) in [5, 5.41) is 43.6. The topological polar surface area (TPSA) is 169 Å². The lowest BCUT2D eigenvalue weighted by Crippen LogP contribution is -2.11. The molecule has 0 aliphatic rings. The number of rotatable bonds is 27. The van der Waals surface area contributed by atoms with Crippen molar-refractivity contribution in [1.29, 1.82) is 0 Å². The third-order valence-corrected chi connectivity index (χ3v) is 21.7. The standard InChI is InChI=1S/2C27H25F2NO2.C27H27NO2.C23H27NO2.5CH4/c2*1-17(2)27-26(25(32)13-9-18-8-11-22(28)23(29)14-18)21-15-20(31)10-12-24(21)30(27)16-19-6-4-3-5-7-19;1-19(2)27-26(25(30)16-13-20-9-5-3-6-10-20)23-17-22(29)14-15-24(23)28(27)18-21-11-7-4-8-12-21;1-15(2)12-21(26)22-19-13-18(25)10-11-20(19)24(23(22)16(3)4)14-17-8-6-5-7-9-17;;;;;/h2*3-8,10-12,14-15,17,31H,9,13,16H2,1-2H3;3-12,14-15,17,19,29H,13,16,18H2,1-2H3;5-11,13,15-16,25H,12,14H2,1-4H3;5*1H4. The molecular formula is C109H124F4N4O8. The van der Waals surface area contributed by atoms with Crippen LogP contribution in [-0.4, -0.2) is 61.8 Å². The Morgan fingerprint density at radius 2 is 0.488 bits per heavy atom. The number of carbonyl (C=O) groups excluding carboxylic acids is 4. The Morgan fingerprint density at radius 3 is 0.712 bits per heavy atom. The van der Waals surface area contributed by atoms with Gasteiger partial charge in [-0.3, -0.25) is 19.2 Å². The van der Waals surface area contributed by atoms with E-state index in [1.807, 2.05) is 167 Å². The van der Waals surface area contributed by atoms with Crippen LogP contribution in [0, 0.1) is 29.2 Å². The van der Waals surface area contributed by atoms with Crippen molar-refractivity contribution in [3.05, 3.63) is 368 Å². The van der Waals surface area contributed by atoms with Gasteiger partial charge >= 0.3 is 0 Å². The summed E-state index contributed by atoms with van der Waals surface area (Å²) in [5.41, 5.74) is 17.3. The number of aromatic nitrogens is 4. The smallest absolute Gasteiger partial charge is 0.165 e. The van der Waals surface area contributed by atoms with E-state index in [1.54, 1.807) is 48.5 Å². The molecule has 0 unspecified atom stereocenters. The molecule has 4 heterocycles. The van der Waals surface area contributed by atoms with Gasteiger partial charge in [-0.2, -0.15) is 0 Å². The SMILES string of the molecule is C.C.C.C.C.CC(C)CC(=O)c1c(C(C)C)n(Cc2ccccc2)c2ccc(O)cc12.CC(C)c1c(C(=O)CCc2ccc(F)c(F)c2)c2cc(O)ccc2n1Cc1ccccc1.CC(C)c1c(C(=O)CCc2ccc(F)c(F)c2)c2cc(O)ccc2n1Cc1ccccc1.CC(C)c1c(C(=O)CCc2ccccc2)c2cc(O)ccc2n1Cc1ccccc1. The summed E-state index contributed by atoms with van der Waals surface area (Å²) in [4.78, 5) is 53.4. The third-order valence-electron chi connectivity index (χ3n) is 21.7. The molecule has 12 nitrogen and oxygen atoms in total. The number of aryl methyl sites for hydroxylation is 3. The number of hydrogen-bond acceptors (Lipinski definition) is 8. The lowest BCUT2D eigenvalue weighted by molar-refractivity contribution is 0.0962. The lowest BCUT2D eigenvalue weighted by Gasteiger charge is -2.15. The fourth-order valence-corrected chi connectivity index (χ4v) is 16.4. The fourth-order valence-electron chi connectivity index (χ4n) is 16.4. The van der Waals surface area contributed by atoms with Crippen molar-refractivity contribution < 1.29 is 57.2 Å². The molecule has 15 rings (SSSR count). The van der Waals surface area contributed by atoms with Crippen LogP contribution in [0.25, 0.3) is 43.6 Å². The number of Topliss-reactive ketones (excluding diaryl/α,β-unsaturated/α-hetero) is 4. The van der Waals surface area contributed by atoms with Gasteiger partial charge in [-0.15, -0.1) is 0 Å². The van der Waals surface area contributed by atoms with Gasteiger partial charge in [0.1, 0.15) is 23.0 Å². The molecule has 0 spiro atoms. The first-order valence-corrected chi connectivity index (χ1v) is 41.2. The van der Waals surface area contributed by atoms with Crippen LogP contribution in [0.1, 0.15) is 259 Å². The molecule has 15 aromatic rings. The highest BCUT2D eigenvalue weighted by atomic mass is 19.2. The van der Waals surface area contributed by atoms with E-state index in [2.05, 4.69) is 96.2 Å². The second kappa shape index (κ2) is 45.0. The zero-order chi connectivity index (χ0) is 85.6. The maximum Gasteiger partial charge on any atom is 0.165 e. The van der Waals surface area contributed by atoms with E-state index < -0.39 is 23.3 Å². The molecule has 4 N–H and O–H groups in total. The van der Waals surface area contributed by atoms with Crippen LogP contribution in [0.15, 0.2) is 261 Å². The van der Waals surface area contributed by atoms with Crippen molar-refractivity contribution in [2.24, 2.45) is 5.92 Å². The van der Waals surface area contributed by atoms with Crippen molar-refractivity contribution in [3.63, 3.8) is 0 Å². The number of carbonyl (C=O) groups is 4. The number of phenolic OH excluding ortho intramolecular Hbond substituents is 4. The predicted octanol–water partition coefficient (Wildman–Crippen LogP) is 28.5. The number of phenols is 4. The maximum atomic E-state index is 13.6. The summed E-state index contributed by atoms with van der Waals surface area (Å²) in [6, 6.07) is 79.1. The quantitative estimate of drug-likeness (QED) is 0.0291. The molecule has 0 saturated heterocycles. The van der Waals surface area contributed by atoms with Crippen molar-refractivity contribution in [1.82, 2.24) is 18.3 Å². The summed E-state index contributed by atoms with van der Waals surface area (Å²) < 4.78 is 62.4. The zero-order valence-electron chi connectivity index (χ0n) is 69.7. The average Bonchev–Trinajstić information content (AvgIpc) is 1.62. The molecular weight excluding hydrogens is 1570 g/mol. The minimum Gasteiger partial charge on any atom is -0.508 e. The van der Waals surface area contributed by atoms with E-state index in [0.717, 1.165) is 108 Å². The third kappa shape index (κ3) is 23.8. The molecule has 125 heavy (non-hydrogen) atoms. The monoisotopic (exact) mass is 1690 g/mol. The van der Waals surface area contributed by atoms with Gasteiger partial charge in [-0.1, -0.05) is 270 Å². The van der Waals surface area contributed by atoms with Gasteiger partial charge in [0.2, 0.25) is 0 Å². The highest BCUT2D eigenvalue weighted by Crippen LogP contribution is 2.41. The van der Waals surface area contributed by atoms with E-state index in [0.29, 0.717) is 97.2 Å². The number of benzene rings is 11. The normalized spacial score (nSPS) is 11.0. The number of halogens is 4. The Kier molecular flexibility index (Phi) is 35.7. The predicted molar refractivity (Wildman–Crippen MR) is 507 cm³/mol. The Morgan fingerprint density at radius 1 is 0.264 bits per heavy atom. The Labute approximate surface area is 736 Å². The van der Waals surface area contributed by atoms with Gasteiger partial charge < -0.3 is 38.7 Å². The number of aromatic hydroxyl groups is 4. The number of hydrogen-bond donors (Lipinski definition) is 4.